The van der Waals surface area contributed by atoms with Gasteiger partial charge in [0.1, 0.15) is 0 Å². The monoisotopic (exact) mass is 332 g/mol. The molecule has 0 saturated carbocycles. The summed E-state index contributed by atoms with van der Waals surface area (Å²) in [5.41, 5.74) is 2.35. The maximum atomic E-state index is 12.6. The molecule has 0 saturated heterocycles. The van der Waals surface area contributed by atoms with E-state index in [4.69, 9.17) is 0 Å². The fourth-order valence-electron chi connectivity index (χ4n) is 2.21. The van der Waals surface area contributed by atoms with Crippen LogP contribution in [-0.4, -0.2) is 20.9 Å². The van der Waals surface area contributed by atoms with Crippen LogP contribution in [0.5, 0.6) is 0 Å². The van der Waals surface area contributed by atoms with E-state index in [1.807, 2.05) is 19.9 Å². The lowest BCUT2D eigenvalue weighted by Crippen LogP contribution is -2.23. The molecule has 5 nitrogen and oxygen atoms in total. The number of benzene rings is 2. The Morgan fingerprint density at radius 1 is 1.09 bits per heavy atom. The van der Waals surface area contributed by atoms with E-state index in [9.17, 15) is 13.2 Å². The first kappa shape index (κ1) is 17.0. The molecule has 23 heavy (non-hydrogen) atoms. The highest BCUT2D eigenvalue weighted by atomic mass is 32.2. The molecule has 0 fully saturated rings. The number of hydrogen-bond acceptors (Lipinski definition) is 3. The molecular formula is C17H20N2O3S. The topological polar surface area (TPSA) is 75.3 Å². The molecule has 1 amide bonds. The highest BCUT2D eigenvalue weighted by Gasteiger charge is 2.19. The van der Waals surface area contributed by atoms with Crippen molar-refractivity contribution < 1.29 is 13.2 Å². The van der Waals surface area contributed by atoms with E-state index in [1.54, 1.807) is 37.3 Å². The molecular weight excluding hydrogens is 312 g/mol. The van der Waals surface area contributed by atoms with Gasteiger partial charge in [0.25, 0.3) is 15.9 Å². The summed E-state index contributed by atoms with van der Waals surface area (Å²) in [4.78, 5) is 12.0. The van der Waals surface area contributed by atoms with Gasteiger partial charge in [0, 0.05) is 17.8 Å². The number of nitrogens with one attached hydrogen (secondary N) is 2. The Morgan fingerprint density at radius 3 is 2.48 bits per heavy atom. The summed E-state index contributed by atoms with van der Waals surface area (Å²) in [5.74, 6) is -0.292. The largest absolute Gasteiger partial charge is 0.352 e. The molecule has 6 heteroatoms. The van der Waals surface area contributed by atoms with Crippen LogP contribution in [0.2, 0.25) is 0 Å². The van der Waals surface area contributed by atoms with Crippen molar-refractivity contribution in [3.05, 3.63) is 59.2 Å². The Labute approximate surface area is 136 Å². The highest BCUT2D eigenvalue weighted by molar-refractivity contribution is 7.92. The average molecular weight is 332 g/mol. The minimum Gasteiger partial charge on any atom is -0.352 e. The first-order chi connectivity index (χ1) is 10.8. The van der Waals surface area contributed by atoms with Gasteiger partial charge in [-0.1, -0.05) is 18.2 Å². The van der Waals surface area contributed by atoms with Gasteiger partial charge in [-0.25, -0.2) is 8.42 Å². The van der Waals surface area contributed by atoms with E-state index in [0.717, 1.165) is 5.56 Å². The summed E-state index contributed by atoms with van der Waals surface area (Å²) in [6.07, 6.45) is 0. The van der Waals surface area contributed by atoms with E-state index in [2.05, 4.69) is 10.0 Å². The second-order valence-electron chi connectivity index (χ2n) is 5.31. The van der Waals surface area contributed by atoms with Crippen molar-refractivity contribution in [2.24, 2.45) is 0 Å². The lowest BCUT2D eigenvalue weighted by molar-refractivity contribution is 0.0955. The van der Waals surface area contributed by atoms with E-state index in [-0.39, 0.29) is 10.8 Å². The standard InChI is InChI=1S/C17H20N2O3S/c1-4-18-17(20)14-9-8-13(3)16(11-14)23(21,22)19-15-7-5-6-12(2)10-15/h5-11,19H,4H2,1-3H3,(H,18,20). The zero-order valence-corrected chi connectivity index (χ0v) is 14.2. The van der Waals surface area contributed by atoms with Gasteiger partial charge in [-0.05, 0) is 56.2 Å². The van der Waals surface area contributed by atoms with Crippen molar-refractivity contribution in [3.8, 4) is 0 Å². The van der Waals surface area contributed by atoms with Crippen molar-refractivity contribution in [1.29, 1.82) is 0 Å². The Bertz CT molecular complexity index is 829. The van der Waals surface area contributed by atoms with Crippen LogP contribution in [0.25, 0.3) is 0 Å². The van der Waals surface area contributed by atoms with Gasteiger partial charge in [0.2, 0.25) is 0 Å². The molecule has 0 bridgehead atoms. The summed E-state index contributed by atoms with van der Waals surface area (Å²) < 4.78 is 27.8. The number of anilines is 1. The lowest BCUT2D eigenvalue weighted by atomic mass is 10.1. The minimum atomic E-state index is -3.76. The number of aryl methyl sites for hydroxylation is 2. The Balaban J connectivity index is 2.39. The molecule has 0 aliphatic heterocycles. The molecule has 2 rings (SSSR count). The summed E-state index contributed by atoms with van der Waals surface area (Å²) in [5, 5.41) is 2.66. The predicted octanol–water partition coefficient (Wildman–Crippen LogP) is 2.85. The number of sulfonamides is 1. The smallest absolute Gasteiger partial charge is 0.262 e. The van der Waals surface area contributed by atoms with Crippen LogP contribution in [0.3, 0.4) is 0 Å². The quantitative estimate of drug-likeness (QED) is 0.884. The van der Waals surface area contributed by atoms with Crippen molar-refractivity contribution in [2.45, 2.75) is 25.7 Å². The fraction of sp³-hybridized carbons (Fsp3) is 0.235. The predicted molar refractivity (Wildman–Crippen MR) is 91.2 cm³/mol. The van der Waals surface area contributed by atoms with Crippen LogP contribution in [0.1, 0.15) is 28.4 Å². The Morgan fingerprint density at radius 2 is 1.83 bits per heavy atom. The van der Waals surface area contributed by atoms with Gasteiger partial charge in [-0.15, -0.1) is 0 Å². The van der Waals surface area contributed by atoms with E-state index in [0.29, 0.717) is 23.4 Å². The first-order valence-corrected chi connectivity index (χ1v) is 8.80. The molecule has 2 N–H and O–H groups in total. The molecule has 2 aromatic carbocycles. The van der Waals surface area contributed by atoms with Crippen LogP contribution in [0, 0.1) is 13.8 Å². The van der Waals surface area contributed by atoms with Crippen molar-refractivity contribution in [3.63, 3.8) is 0 Å². The van der Waals surface area contributed by atoms with Crippen LogP contribution >= 0.6 is 0 Å². The van der Waals surface area contributed by atoms with Gasteiger partial charge >= 0.3 is 0 Å². The molecule has 0 radical (unpaired) electrons. The number of rotatable bonds is 5. The summed E-state index contributed by atoms with van der Waals surface area (Å²) in [6.45, 7) is 5.88. The molecule has 0 heterocycles. The second kappa shape index (κ2) is 6.83. The third-order valence-corrected chi connectivity index (χ3v) is 4.87. The lowest BCUT2D eigenvalue weighted by Gasteiger charge is -2.12. The van der Waals surface area contributed by atoms with E-state index in [1.165, 1.54) is 6.07 Å². The zero-order valence-electron chi connectivity index (χ0n) is 13.4. The molecule has 0 atom stereocenters. The van der Waals surface area contributed by atoms with Crippen LogP contribution in [0.4, 0.5) is 5.69 Å². The van der Waals surface area contributed by atoms with Crippen LogP contribution in [0.15, 0.2) is 47.4 Å². The summed E-state index contributed by atoms with van der Waals surface area (Å²) in [6, 6.07) is 11.8. The molecule has 0 aliphatic rings. The minimum absolute atomic E-state index is 0.0998. The molecule has 122 valence electrons. The summed E-state index contributed by atoms with van der Waals surface area (Å²) in [7, 11) is -3.76. The SMILES string of the molecule is CCNC(=O)c1ccc(C)c(S(=O)(=O)Nc2cccc(C)c2)c1. The molecule has 0 spiro atoms. The van der Waals surface area contributed by atoms with Gasteiger partial charge in [0.05, 0.1) is 4.90 Å². The van der Waals surface area contributed by atoms with E-state index < -0.39 is 10.0 Å². The maximum Gasteiger partial charge on any atom is 0.262 e. The number of carbonyl (C=O) groups excluding carboxylic acids is 1. The Kier molecular flexibility index (Phi) is 5.05. The van der Waals surface area contributed by atoms with Crippen LogP contribution < -0.4 is 10.0 Å². The van der Waals surface area contributed by atoms with Crippen molar-refractivity contribution >= 4 is 21.6 Å². The van der Waals surface area contributed by atoms with E-state index >= 15 is 0 Å². The summed E-state index contributed by atoms with van der Waals surface area (Å²) >= 11 is 0. The maximum absolute atomic E-state index is 12.6. The molecule has 0 aliphatic carbocycles. The van der Waals surface area contributed by atoms with Crippen LogP contribution in [-0.2, 0) is 10.0 Å². The average Bonchev–Trinajstić information content (AvgIpc) is 2.47. The van der Waals surface area contributed by atoms with Gasteiger partial charge in [-0.2, -0.15) is 0 Å². The Hall–Kier alpha value is -2.34. The first-order valence-electron chi connectivity index (χ1n) is 7.32. The fourth-order valence-corrected chi connectivity index (χ4v) is 3.53. The number of hydrogen-bond donors (Lipinski definition) is 2. The van der Waals surface area contributed by atoms with Gasteiger partial charge < -0.3 is 5.32 Å². The third-order valence-electron chi connectivity index (χ3n) is 3.35. The van der Waals surface area contributed by atoms with Gasteiger partial charge in [-0.3, -0.25) is 9.52 Å². The highest BCUT2D eigenvalue weighted by Crippen LogP contribution is 2.21. The number of amides is 1. The second-order valence-corrected chi connectivity index (χ2v) is 6.97. The third kappa shape index (κ3) is 4.10. The van der Waals surface area contributed by atoms with Crippen molar-refractivity contribution in [2.75, 3.05) is 11.3 Å². The molecule has 2 aromatic rings. The molecule has 0 aromatic heterocycles. The molecule has 0 unspecified atom stereocenters. The normalized spacial score (nSPS) is 11.1. The number of carbonyl (C=O) groups is 1. The van der Waals surface area contributed by atoms with Crippen molar-refractivity contribution in [1.82, 2.24) is 5.32 Å². The zero-order chi connectivity index (χ0) is 17.0. The van der Waals surface area contributed by atoms with Gasteiger partial charge in [0.15, 0.2) is 0 Å².